The maximum atomic E-state index is 4.53. The fourth-order valence-electron chi connectivity index (χ4n) is 2.29. The van der Waals surface area contributed by atoms with Gasteiger partial charge >= 0.3 is 0 Å². The van der Waals surface area contributed by atoms with Crippen LogP contribution in [0.2, 0.25) is 0 Å². The molecule has 0 bridgehead atoms. The zero-order chi connectivity index (χ0) is 13.8. The van der Waals surface area contributed by atoms with E-state index in [-0.39, 0.29) is 6.04 Å². The molecule has 0 amide bonds. The fourth-order valence-corrected chi connectivity index (χ4v) is 2.52. The second-order valence-corrected chi connectivity index (χ2v) is 5.67. The topological polar surface area (TPSA) is 24.9 Å². The number of hydrogen-bond acceptors (Lipinski definition) is 2. The highest BCUT2D eigenvalue weighted by atomic mass is 79.9. The summed E-state index contributed by atoms with van der Waals surface area (Å²) < 4.78 is 1.01. The predicted molar refractivity (Wildman–Crippen MR) is 83.4 cm³/mol. The van der Waals surface area contributed by atoms with E-state index >= 15 is 0 Å². The average molecular weight is 319 g/mol. The third kappa shape index (κ3) is 3.43. The molecule has 0 aliphatic heterocycles. The number of halogens is 1. The molecular formula is C16H19BrN2. The van der Waals surface area contributed by atoms with Gasteiger partial charge in [0.15, 0.2) is 0 Å². The Kier molecular flexibility index (Phi) is 4.72. The van der Waals surface area contributed by atoms with E-state index in [4.69, 9.17) is 0 Å². The second kappa shape index (κ2) is 6.31. The van der Waals surface area contributed by atoms with Crippen LogP contribution >= 0.6 is 15.9 Å². The van der Waals surface area contributed by atoms with Crippen molar-refractivity contribution >= 4 is 15.9 Å². The number of hydrogen-bond donors (Lipinski definition) is 1. The molecule has 0 saturated carbocycles. The standard InChI is InChI=1S/C16H19BrN2/c1-4-18-16(15-8-6-13(17)10-19-15)14-7-5-11(2)9-12(14)3/h5-10,16,18H,4H2,1-3H3. The molecule has 1 atom stereocenters. The fraction of sp³-hybridized carbons (Fsp3) is 0.312. The summed E-state index contributed by atoms with van der Waals surface area (Å²) in [6.45, 7) is 7.31. The van der Waals surface area contributed by atoms with E-state index < -0.39 is 0 Å². The maximum absolute atomic E-state index is 4.53. The minimum Gasteiger partial charge on any atom is -0.305 e. The van der Waals surface area contributed by atoms with Gasteiger partial charge < -0.3 is 5.32 Å². The molecule has 0 spiro atoms. The van der Waals surface area contributed by atoms with Gasteiger partial charge in [0, 0.05) is 10.7 Å². The SMILES string of the molecule is CCNC(c1ccc(Br)cn1)c1ccc(C)cc1C. The Hall–Kier alpha value is -1.19. The van der Waals surface area contributed by atoms with Gasteiger partial charge in [-0.05, 0) is 59.6 Å². The number of pyridine rings is 1. The minimum atomic E-state index is 0.152. The molecule has 2 nitrogen and oxygen atoms in total. The molecular weight excluding hydrogens is 300 g/mol. The van der Waals surface area contributed by atoms with Gasteiger partial charge in [-0.25, -0.2) is 0 Å². The first kappa shape index (κ1) is 14.2. The van der Waals surface area contributed by atoms with Crippen LogP contribution in [0, 0.1) is 13.8 Å². The molecule has 0 fully saturated rings. The summed E-state index contributed by atoms with van der Waals surface area (Å²) in [5.74, 6) is 0. The number of nitrogens with zero attached hydrogens (tertiary/aromatic N) is 1. The van der Waals surface area contributed by atoms with Crippen LogP contribution < -0.4 is 5.32 Å². The Balaban J connectivity index is 2.41. The maximum Gasteiger partial charge on any atom is 0.0753 e. The van der Waals surface area contributed by atoms with Crippen molar-refractivity contribution in [2.45, 2.75) is 26.8 Å². The smallest absolute Gasteiger partial charge is 0.0753 e. The summed E-state index contributed by atoms with van der Waals surface area (Å²) in [5.41, 5.74) is 4.94. The largest absolute Gasteiger partial charge is 0.305 e. The number of benzene rings is 1. The normalized spacial score (nSPS) is 12.4. The Morgan fingerprint density at radius 2 is 2.00 bits per heavy atom. The number of aromatic nitrogens is 1. The summed E-state index contributed by atoms with van der Waals surface area (Å²) in [6, 6.07) is 10.8. The summed E-state index contributed by atoms with van der Waals surface area (Å²) in [6.07, 6.45) is 1.85. The molecule has 0 radical (unpaired) electrons. The van der Waals surface area contributed by atoms with Gasteiger partial charge in [0.05, 0.1) is 11.7 Å². The van der Waals surface area contributed by atoms with Crippen LogP contribution in [0.5, 0.6) is 0 Å². The van der Waals surface area contributed by atoms with E-state index in [1.807, 2.05) is 12.3 Å². The lowest BCUT2D eigenvalue weighted by molar-refractivity contribution is 0.612. The van der Waals surface area contributed by atoms with Gasteiger partial charge in [0.2, 0.25) is 0 Å². The number of rotatable bonds is 4. The Labute approximate surface area is 123 Å². The van der Waals surface area contributed by atoms with E-state index in [1.54, 1.807) is 0 Å². The van der Waals surface area contributed by atoms with Crippen molar-refractivity contribution in [2.75, 3.05) is 6.54 Å². The van der Waals surface area contributed by atoms with Crippen LogP contribution in [0.3, 0.4) is 0 Å². The highest BCUT2D eigenvalue weighted by molar-refractivity contribution is 9.10. The Morgan fingerprint density at radius 3 is 2.58 bits per heavy atom. The van der Waals surface area contributed by atoms with E-state index in [2.05, 4.69) is 71.3 Å². The van der Waals surface area contributed by atoms with Gasteiger partial charge in [0.1, 0.15) is 0 Å². The van der Waals surface area contributed by atoms with Crippen molar-refractivity contribution < 1.29 is 0 Å². The van der Waals surface area contributed by atoms with Crippen molar-refractivity contribution in [3.63, 3.8) is 0 Å². The summed E-state index contributed by atoms with van der Waals surface area (Å²) in [5, 5.41) is 3.52. The van der Waals surface area contributed by atoms with Crippen molar-refractivity contribution in [3.8, 4) is 0 Å². The first-order valence-corrected chi connectivity index (χ1v) is 7.33. The molecule has 1 aromatic heterocycles. The molecule has 0 aliphatic rings. The Morgan fingerprint density at radius 1 is 1.21 bits per heavy atom. The monoisotopic (exact) mass is 318 g/mol. The lowest BCUT2D eigenvalue weighted by Crippen LogP contribution is -2.23. The quantitative estimate of drug-likeness (QED) is 0.915. The summed E-state index contributed by atoms with van der Waals surface area (Å²) >= 11 is 3.43. The van der Waals surface area contributed by atoms with Crippen molar-refractivity contribution in [2.24, 2.45) is 0 Å². The molecule has 1 aromatic carbocycles. The molecule has 1 heterocycles. The molecule has 0 aliphatic carbocycles. The molecule has 1 unspecified atom stereocenters. The van der Waals surface area contributed by atoms with Gasteiger partial charge in [0.25, 0.3) is 0 Å². The molecule has 2 rings (SSSR count). The minimum absolute atomic E-state index is 0.152. The van der Waals surface area contributed by atoms with E-state index in [1.165, 1.54) is 16.7 Å². The lowest BCUT2D eigenvalue weighted by Gasteiger charge is -2.20. The van der Waals surface area contributed by atoms with Crippen LogP contribution in [-0.2, 0) is 0 Å². The molecule has 3 heteroatoms. The number of nitrogens with one attached hydrogen (secondary N) is 1. The van der Waals surface area contributed by atoms with Gasteiger partial charge in [-0.3, -0.25) is 4.98 Å². The second-order valence-electron chi connectivity index (χ2n) is 4.75. The zero-order valence-corrected chi connectivity index (χ0v) is 13.2. The average Bonchev–Trinajstić information content (AvgIpc) is 2.38. The molecule has 1 N–H and O–H groups in total. The molecule has 2 aromatic rings. The van der Waals surface area contributed by atoms with Crippen LogP contribution in [0.25, 0.3) is 0 Å². The zero-order valence-electron chi connectivity index (χ0n) is 11.6. The van der Waals surface area contributed by atoms with Crippen molar-refractivity contribution in [3.05, 3.63) is 63.4 Å². The van der Waals surface area contributed by atoms with Gasteiger partial charge in [-0.15, -0.1) is 0 Å². The molecule has 100 valence electrons. The lowest BCUT2D eigenvalue weighted by atomic mass is 9.96. The van der Waals surface area contributed by atoms with E-state index in [9.17, 15) is 0 Å². The molecule has 0 saturated heterocycles. The van der Waals surface area contributed by atoms with Crippen LogP contribution in [0.4, 0.5) is 0 Å². The van der Waals surface area contributed by atoms with Gasteiger partial charge in [-0.2, -0.15) is 0 Å². The van der Waals surface area contributed by atoms with E-state index in [0.29, 0.717) is 0 Å². The van der Waals surface area contributed by atoms with Crippen molar-refractivity contribution in [1.82, 2.24) is 10.3 Å². The Bertz CT molecular complexity index is 549. The van der Waals surface area contributed by atoms with Crippen LogP contribution in [0.15, 0.2) is 41.0 Å². The van der Waals surface area contributed by atoms with Gasteiger partial charge in [-0.1, -0.05) is 30.7 Å². The van der Waals surface area contributed by atoms with Crippen LogP contribution in [-0.4, -0.2) is 11.5 Å². The third-order valence-corrected chi connectivity index (χ3v) is 3.66. The first-order valence-electron chi connectivity index (χ1n) is 6.53. The van der Waals surface area contributed by atoms with Crippen LogP contribution in [0.1, 0.15) is 35.3 Å². The van der Waals surface area contributed by atoms with Crippen molar-refractivity contribution in [1.29, 1.82) is 0 Å². The third-order valence-electron chi connectivity index (χ3n) is 3.19. The number of aryl methyl sites for hydroxylation is 2. The highest BCUT2D eigenvalue weighted by Gasteiger charge is 2.16. The molecule has 19 heavy (non-hydrogen) atoms. The first-order chi connectivity index (χ1) is 9.11. The summed E-state index contributed by atoms with van der Waals surface area (Å²) in [4.78, 5) is 4.53. The van der Waals surface area contributed by atoms with E-state index in [0.717, 1.165) is 16.7 Å². The predicted octanol–water partition coefficient (Wildman–Crippen LogP) is 4.16. The highest BCUT2D eigenvalue weighted by Crippen LogP contribution is 2.25. The summed E-state index contributed by atoms with van der Waals surface area (Å²) in [7, 11) is 0.